The van der Waals surface area contributed by atoms with E-state index in [0.717, 1.165) is 5.56 Å². The van der Waals surface area contributed by atoms with E-state index in [9.17, 15) is 18.3 Å². The summed E-state index contributed by atoms with van der Waals surface area (Å²) in [4.78, 5) is 23.1. The van der Waals surface area contributed by atoms with Gasteiger partial charge in [-0.05, 0) is 54.5 Å². The molecule has 3 rings (SSSR count). The lowest BCUT2D eigenvalue weighted by atomic mass is 10.0. The zero-order valence-corrected chi connectivity index (χ0v) is 23.0. The van der Waals surface area contributed by atoms with Crippen LogP contribution in [0.5, 0.6) is 0 Å². The third kappa shape index (κ3) is 8.67. The van der Waals surface area contributed by atoms with Crippen molar-refractivity contribution in [3.8, 4) is 0 Å². The summed E-state index contributed by atoms with van der Waals surface area (Å²) in [7, 11) is -3.93. The second kappa shape index (κ2) is 13.9. The fourth-order valence-electron chi connectivity index (χ4n) is 4.19. The molecule has 2 aromatic carbocycles. The van der Waals surface area contributed by atoms with E-state index in [1.807, 2.05) is 51.1 Å². The van der Waals surface area contributed by atoms with Crippen LogP contribution in [0, 0.1) is 11.8 Å². The number of alkyl carbamates (subject to hydrolysis) is 1. The van der Waals surface area contributed by atoms with Gasteiger partial charge in [-0.3, -0.25) is 0 Å². The normalized spacial score (nSPS) is 20.1. The van der Waals surface area contributed by atoms with Crippen molar-refractivity contribution >= 4 is 21.8 Å². The van der Waals surface area contributed by atoms with Gasteiger partial charge in [0.15, 0.2) is 0 Å². The molecule has 4 atom stereocenters. The highest BCUT2D eigenvalue weighted by Gasteiger charge is 2.32. The van der Waals surface area contributed by atoms with Crippen LogP contribution in [0.3, 0.4) is 0 Å². The minimum atomic E-state index is -3.93. The Hall–Kier alpha value is -2.70. The third-order valence-electron chi connectivity index (χ3n) is 6.41. The highest BCUT2D eigenvalue weighted by Crippen LogP contribution is 2.21. The van der Waals surface area contributed by atoms with Crippen LogP contribution in [0.25, 0.3) is 0 Å². The quantitative estimate of drug-likeness (QED) is 0.287. The Bertz CT molecular complexity index is 1110. The number of rotatable bonds is 11. The average molecular weight is 550 g/mol. The van der Waals surface area contributed by atoms with Crippen LogP contribution in [0.4, 0.5) is 10.5 Å². The predicted octanol–water partition coefficient (Wildman–Crippen LogP) is 2.97. The summed E-state index contributed by atoms with van der Waals surface area (Å²) in [6, 6.07) is 14.5. The summed E-state index contributed by atoms with van der Waals surface area (Å²) < 4.78 is 33.8. The standard InChI is InChI=1S/C27H39N3O7S/c1-19(2)16-30(38(33,34)23-11-9-22(28)10-12-23)17-25(31)24(15-21-7-5-4-6-8-21)29-27(32)37-26-18-36-35-14-13-20(26)3/h4-12,19-20,24-26,31H,13-18,28H2,1-3H3,(H,29,32)/t20?,24-,25+,26+/m0/s1. The molecule has 0 bridgehead atoms. The van der Waals surface area contributed by atoms with Crippen molar-refractivity contribution in [3.05, 3.63) is 60.2 Å². The van der Waals surface area contributed by atoms with Crippen molar-refractivity contribution < 1.29 is 32.8 Å². The summed E-state index contributed by atoms with van der Waals surface area (Å²) >= 11 is 0. The fourth-order valence-corrected chi connectivity index (χ4v) is 5.81. The average Bonchev–Trinajstić information content (AvgIpc) is 3.07. The van der Waals surface area contributed by atoms with Crippen LogP contribution in [0.1, 0.15) is 32.8 Å². The number of nitrogens with zero attached hydrogens (tertiary/aromatic N) is 1. The summed E-state index contributed by atoms with van der Waals surface area (Å²) in [5.74, 6) is 0.0162. The molecule has 0 saturated carbocycles. The molecule has 210 valence electrons. The van der Waals surface area contributed by atoms with Crippen molar-refractivity contribution in [3.63, 3.8) is 0 Å². The molecule has 10 nitrogen and oxygen atoms in total. The number of anilines is 1. The molecule has 1 unspecified atom stereocenters. The van der Waals surface area contributed by atoms with E-state index in [1.165, 1.54) is 28.6 Å². The molecule has 1 aliphatic rings. The number of nitrogens with two attached hydrogens (primary N) is 1. The number of amides is 1. The van der Waals surface area contributed by atoms with Gasteiger partial charge < -0.3 is 20.9 Å². The van der Waals surface area contributed by atoms with Crippen molar-refractivity contribution in [2.24, 2.45) is 11.8 Å². The van der Waals surface area contributed by atoms with E-state index in [4.69, 9.17) is 20.2 Å². The molecule has 2 aromatic rings. The number of carbonyl (C=O) groups excluding carboxylic acids is 1. The maximum absolute atomic E-state index is 13.5. The van der Waals surface area contributed by atoms with Gasteiger partial charge in [0.25, 0.3) is 0 Å². The van der Waals surface area contributed by atoms with Crippen molar-refractivity contribution in [2.45, 2.75) is 56.8 Å². The van der Waals surface area contributed by atoms with Gasteiger partial charge in [0.2, 0.25) is 10.0 Å². The maximum Gasteiger partial charge on any atom is 0.407 e. The smallest absolute Gasteiger partial charge is 0.407 e. The lowest BCUT2D eigenvalue weighted by Crippen LogP contribution is -2.51. The van der Waals surface area contributed by atoms with Gasteiger partial charge in [0.1, 0.15) is 12.7 Å². The van der Waals surface area contributed by atoms with E-state index < -0.39 is 34.4 Å². The number of benzene rings is 2. The number of nitrogen functional groups attached to an aromatic ring is 1. The molecule has 1 fully saturated rings. The van der Waals surface area contributed by atoms with E-state index in [2.05, 4.69) is 5.32 Å². The van der Waals surface area contributed by atoms with Crippen LogP contribution >= 0.6 is 0 Å². The first-order valence-electron chi connectivity index (χ1n) is 12.9. The number of carbonyl (C=O) groups is 1. The van der Waals surface area contributed by atoms with Gasteiger partial charge in [-0.2, -0.15) is 4.31 Å². The Morgan fingerprint density at radius 1 is 1.13 bits per heavy atom. The van der Waals surface area contributed by atoms with Crippen LogP contribution in [0.2, 0.25) is 0 Å². The van der Waals surface area contributed by atoms with E-state index >= 15 is 0 Å². The fraction of sp³-hybridized carbons (Fsp3) is 0.519. The summed E-state index contributed by atoms with van der Waals surface area (Å²) in [5, 5.41) is 14.1. The topological polar surface area (TPSA) is 140 Å². The molecule has 0 aromatic heterocycles. The molecule has 4 N–H and O–H groups in total. The Labute approximate surface area is 225 Å². The Kier molecular flexibility index (Phi) is 10.9. The summed E-state index contributed by atoms with van der Waals surface area (Å²) in [6.07, 6.45) is -1.52. The van der Waals surface area contributed by atoms with Crippen molar-refractivity contribution in [1.29, 1.82) is 0 Å². The predicted molar refractivity (Wildman–Crippen MR) is 143 cm³/mol. The first kappa shape index (κ1) is 29.9. The van der Waals surface area contributed by atoms with Gasteiger partial charge >= 0.3 is 6.09 Å². The monoisotopic (exact) mass is 549 g/mol. The SMILES string of the molecule is CC(C)CN(C[C@@H](O)[C@H](Cc1ccccc1)NC(=O)O[C@@H]1COOCCC1C)S(=O)(=O)c1ccc(N)cc1. The second-order valence-corrected chi connectivity index (χ2v) is 12.0. The zero-order chi connectivity index (χ0) is 27.7. The molecule has 1 amide bonds. The van der Waals surface area contributed by atoms with Crippen LogP contribution in [0.15, 0.2) is 59.5 Å². The van der Waals surface area contributed by atoms with Gasteiger partial charge in [-0.15, -0.1) is 0 Å². The molecule has 0 aliphatic carbocycles. The molecular weight excluding hydrogens is 510 g/mol. The molecular formula is C27H39N3O7S. The van der Waals surface area contributed by atoms with E-state index in [-0.39, 0.29) is 42.8 Å². The Balaban J connectivity index is 1.80. The van der Waals surface area contributed by atoms with Gasteiger partial charge in [-0.25, -0.2) is 23.0 Å². The number of hydrogen-bond acceptors (Lipinski definition) is 8. The zero-order valence-electron chi connectivity index (χ0n) is 22.2. The third-order valence-corrected chi connectivity index (χ3v) is 8.25. The number of ether oxygens (including phenoxy) is 1. The molecule has 11 heteroatoms. The Morgan fingerprint density at radius 2 is 1.82 bits per heavy atom. The summed E-state index contributed by atoms with van der Waals surface area (Å²) in [6.45, 7) is 6.21. The van der Waals surface area contributed by atoms with Crippen LogP contribution < -0.4 is 11.1 Å². The maximum atomic E-state index is 13.5. The first-order valence-corrected chi connectivity index (χ1v) is 14.3. The highest BCUT2D eigenvalue weighted by molar-refractivity contribution is 7.89. The summed E-state index contributed by atoms with van der Waals surface area (Å²) in [5.41, 5.74) is 7.05. The molecule has 38 heavy (non-hydrogen) atoms. The van der Waals surface area contributed by atoms with Crippen molar-refractivity contribution in [2.75, 3.05) is 32.0 Å². The number of nitrogens with one attached hydrogen (secondary N) is 1. The lowest BCUT2D eigenvalue weighted by Gasteiger charge is -2.31. The first-order chi connectivity index (χ1) is 18.1. The molecule has 0 spiro atoms. The van der Waals surface area contributed by atoms with Crippen LogP contribution in [-0.4, -0.2) is 68.5 Å². The molecule has 1 heterocycles. The largest absolute Gasteiger partial charge is 0.443 e. The number of sulfonamides is 1. The van der Waals surface area contributed by atoms with Gasteiger partial charge in [-0.1, -0.05) is 51.1 Å². The van der Waals surface area contributed by atoms with Gasteiger partial charge in [0, 0.05) is 18.8 Å². The van der Waals surface area contributed by atoms with Gasteiger partial charge in [0.05, 0.1) is 23.6 Å². The minimum Gasteiger partial charge on any atom is -0.443 e. The second-order valence-electron chi connectivity index (χ2n) is 10.1. The minimum absolute atomic E-state index is 0.00445. The number of hydrogen-bond donors (Lipinski definition) is 3. The van der Waals surface area contributed by atoms with E-state index in [0.29, 0.717) is 18.7 Å². The van der Waals surface area contributed by atoms with Crippen LogP contribution in [-0.2, 0) is 31.0 Å². The highest BCUT2D eigenvalue weighted by atomic mass is 32.2. The molecule has 0 radical (unpaired) electrons. The van der Waals surface area contributed by atoms with E-state index in [1.54, 1.807) is 0 Å². The number of aliphatic hydroxyl groups is 1. The Morgan fingerprint density at radius 3 is 2.47 bits per heavy atom. The number of aliphatic hydroxyl groups excluding tert-OH is 1. The van der Waals surface area contributed by atoms with Crippen molar-refractivity contribution in [1.82, 2.24) is 9.62 Å². The molecule has 1 saturated heterocycles. The molecule has 1 aliphatic heterocycles. The lowest BCUT2D eigenvalue weighted by molar-refractivity contribution is -0.295.